The van der Waals surface area contributed by atoms with E-state index in [-0.39, 0.29) is 5.56 Å². The molecule has 3 aromatic heterocycles. The van der Waals surface area contributed by atoms with E-state index >= 15 is 0 Å². The second kappa shape index (κ2) is 4.96. The third kappa shape index (κ3) is 2.31. The number of hydrogen-bond acceptors (Lipinski definition) is 5. The van der Waals surface area contributed by atoms with Gasteiger partial charge in [-0.2, -0.15) is 10.1 Å². The summed E-state index contributed by atoms with van der Waals surface area (Å²) in [6.07, 6.45) is 4.93. The number of anilines is 1. The average molecular weight is 325 g/mol. The van der Waals surface area contributed by atoms with Gasteiger partial charge in [0.2, 0.25) is 5.95 Å². The number of nitrogens with one attached hydrogen (secondary N) is 2. The van der Waals surface area contributed by atoms with Crippen LogP contribution >= 0.6 is 0 Å². The zero-order valence-corrected chi connectivity index (χ0v) is 13.5. The summed E-state index contributed by atoms with van der Waals surface area (Å²) in [6, 6.07) is 4.53. The minimum absolute atomic E-state index is 0.165. The van der Waals surface area contributed by atoms with Crippen LogP contribution in [0.1, 0.15) is 43.6 Å². The molecular formula is C17H19N5O2. The number of aromatic nitrogens is 4. The molecule has 2 aliphatic rings. The van der Waals surface area contributed by atoms with E-state index in [0.717, 1.165) is 30.3 Å². The topological polar surface area (TPSA) is 90.8 Å². The summed E-state index contributed by atoms with van der Waals surface area (Å²) in [6.45, 7) is 2.87. The first-order valence-corrected chi connectivity index (χ1v) is 8.47. The van der Waals surface area contributed by atoms with Crippen LogP contribution in [0.5, 0.6) is 0 Å². The van der Waals surface area contributed by atoms with Crippen LogP contribution in [0.3, 0.4) is 0 Å². The van der Waals surface area contributed by atoms with Crippen molar-refractivity contribution in [3.05, 3.63) is 40.2 Å². The van der Waals surface area contributed by atoms with Gasteiger partial charge in [0.05, 0.1) is 12.7 Å². The number of H-pyrrole nitrogens is 2. The van der Waals surface area contributed by atoms with Crippen molar-refractivity contribution in [1.29, 1.82) is 0 Å². The van der Waals surface area contributed by atoms with Crippen molar-refractivity contribution < 1.29 is 4.42 Å². The molecule has 3 heterocycles. The Bertz CT molecular complexity index is 951. The van der Waals surface area contributed by atoms with Gasteiger partial charge in [-0.05, 0) is 37.3 Å². The summed E-state index contributed by atoms with van der Waals surface area (Å²) in [5, 5.41) is 7.16. The van der Waals surface area contributed by atoms with Gasteiger partial charge in [-0.25, -0.2) is 0 Å². The van der Waals surface area contributed by atoms with Gasteiger partial charge in [0.1, 0.15) is 16.9 Å². The normalized spacial score (nSPS) is 22.9. The molecule has 0 spiro atoms. The van der Waals surface area contributed by atoms with Gasteiger partial charge >= 0.3 is 0 Å². The van der Waals surface area contributed by atoms with Crippen molar-refractivity contribution >= 4 is 17.0 Å². The van der Waals surface area contributed by atoms with Crippen LogP contribution in [0.2, 0.25) is 0 Å². The number of nitrogens with zero attached hydrogens (tertiary/aromatic N) is 3. The van der Waals surface area contributed by atoms with Crippen LogP contribution in [0.15, 0.2) is 27.5 Å². The van der Waals surface area contributed by atoms with Crippen LogP contribution in [-0.2, 0) is 6.54 Å². The lowest BCUT2D eigenvalue weighted by Gasteiger charge is -2.21. The van der Waals surface area contributed by atoms with Gasteiger partial charge in [0.15, 0.2) is 5.65 Å². The molecule has 0 amide bonds. The quantitative estimate of drug-likeness (QED) is 0.752. The molecule has 3 aromatic rings. The van der Waals surface area contributed by atoms with Gasteiger partial charge in [-0.15, -0.1) is 0 Å². The van der Waals surface area contributed by atoms with Crippen molar-refractivity contribution in [3.63, 3.8) is 0 Å². The van der Waals surface area contributed by atoms with E-state index in [2.05, 4.69) is 38.1 Å². The summed E-state index contributed by atoms with van der Waals surface area (Å²) in [7, 11) is 0. The first-order chi connectivity index (χ1) is 11.7. The highest BCUT2D eigenvalue weighted by atomic mass is 16.3. The maximum absolute atomic E-state index is 12.2. The van der Waals surface area contributed by atoms with E-state index in [4.69, 9.17) is 4.42 Å². The van der Waals surface area contributed by atoms with Crippen LogP contribution in [-0.4, -0.2) is 26.2 Å². The third-order valence-corrected chi connectivity index (χ3v) is 5.05. The zero-order chi connectivity index (χ0) is 16.3. The van der Waals surface area contributed by atoms with Crippen LogP contribution in [0.4, 0.5) is 5.95 Å². The smallest absolute Gasteiger partial charge is 0.263 e. The maximum atomic E-state index is 12.2. The number of hydrogen-bond donors (Lipinski definition) is 2. The lowest BCUT2D eigenvalue weighted by atomic mass is 10.3. The molecule has 0 aromatic carbocycles. The predicted molar refractivity (Wildman–Crippen MR) is 88.9 cm³/mol. The Hall–Kier alpha value is -2.57. The SMILES string of the molecule is CC1CC1c1ccc(CN(c2nc3[nH]ncc3c(=O)[nH]2)C2CC2)o1. The van der Waals surface area contributed by atoms with Gasteiger partial charge in [-0.3, -0.25) is 14.9 Å². The van der Waals surface area contributed by atoms with Crippen molar-refractivity contribution in [3.8, 4) is 0 Å². The van der Waals surface area contributed by atoms with Crippen molar-refractivity contribution in [2.24, 2.45) is 5.92 Å². The molecule has 0 bridgehead atoms. The molecule has 2 saturated carbocycles. The van der Waals surface area contributed by atoms with Gasteiger partial charge in [0.25, 0.3) is 5.56 Å². The van der Waals surface area contributed by atoms with E-state index in [0.29, 0.717) is 35.5 Å². The van der Waals surface area contributed by atoms with Gasteiger partial charge < -0.3 is 9.32 Å². The molecule has 7 heteroatoms. The van der Waals surface area contributed by atoms with Crippen molar-refractivity contribution in [2.75, 3.05) is 4.90 Å². The Balaban J connectivity index is 1.46. The van der Waals surface area contributed by atoms with E-state index in [1.54, 1.807) is 0 Å². The molecule has 2 N–H and O–H groups in total. The Morgan fingerprint density at radius 1 is 1.38 bits per heavy atom. The fraction of sp³-hybridized carbons (Fsp3) is 0.471. The fourth-order valence-corrected chi connectivity index (χ4v) is 3.30. The number of aromatic amines is 2. The summed E-state index contributed by atoms with van der Waals surface area (Å²) in [5.41, 5.74) is 0.354. The molecule has 0 aliphatic heterocycles. The molecule has 0 radical (unpaired) electrons. The third-order valence-electron chi connectivity index (χ3n) is 5.05. The standard InChI is InChI=1S/C17H19N5O2/c1-9-6-12(9)14-5-4-11(24-14)8-22(10-2-3-10)17-19-15-13(7-18-21-15)16(23)20-17/h4-5,7,9-10,12H,2-3,6,8H2,1H3,(H2,18,19,20,21,23). The average Bonchev–Trinajstić information content (AvgIpc) is 3.43. The van der Waals surface area contributed by atoms with Gasteiger partial charge in [-0.1, -0.05) is 6.92 Å². The van der Waals surface area contributed by atoms with E-state index in [1.165, 1.54) is 12.6 Å². The first-order valence-electron chi connectivity index (χ1n) is 8.47. The van der Waals surface area contributed by atoms with E-state index < -0.39 is 0 Å². The fourth-order valence-electron chi connectivity index (χ4n) is 3.30. The number of rotatable bonds is 5. The molecule has 0 saturated heterocycles. The predicted octanol–water partition coefficient (Wildman–Crippen LogP) is 2.53. The molecule has 24 heavy (non-hydrogen) atoms. The maximum Gasteiger partial charge on any atom is 0.263 e. The largest absolute Gasteiger partial charge is 0.464 e. The second-order valence-electron chi connectivity index (χ2n) is 7.00. The highest BCUT2D eigenvalue weighted by molar-refractivity contribution is 5.73. The molecular weight excluding hydrogens is 306 g/mol. The van der Waals surface area contributed by atoms with Crippen LogP contribution in [0, 0.1) is 5.92 Å². The molecule has 2 unspecified atom stereocenters. The summed E-state index contributed by atoms with van der Waals surface area (Å²) in [4.78, 5) is 21.7. The molecule has 2 aliphatic carbocycles. The zero-order valence-electron chi connectivity index (χ0n) is 13.5. The van der Waals surface area contributed by atoms with Gasteiger partial charge in [0, 0.05) is 12.0 Å². The lowest BCUT2D eigenvalue weighted by Crippen LogP contribution is -2.29. The Kier molecular flexibility index (Phi) is 2.86. The van der Waals surface area contributed by atoms with Crippen LogP contribution < -0.4 is 10.5 Å². The minimum Gasteiger partial charge on any atom is -0.464 e. The monoisotopic (exact) mass is 325 g/mol. The van der Waals surface area contributed by atoms with Crippen molar-refractivity contribution in [1.82, 2.24) is 20.2 Å². The lowest BCUT2D eigenvalue weighted by molar-refractivity contribution is 0.455. The summed E-state index contributed by atoms with van der Waals surface area (Å²) < 4.78 is 6.03. The molecule has 5 rings (SSSR count). The second-order valence-corrected chi connectivity index (χ2v) is 7.00. The number of fused-ring (bicyclic) bond motifs is 1. The molecule has 124 valence electrons. The highest BCUT2D eigenvalue weighted by Crippen LogP contribution is 2.47. The Morgan fingerprint density at radius 2 is 2.21 bits per heavy atom. The molecule has 2 atom stereocenters. The van der Waals surface area contributed by atoms with Crippen molar-refractivity contribution in [2.45, 2.75) is 44.7 Å². The Labute approximate surface area is 138 Å². The van der Waals surface area contributed by atoms with E-state index in [1.807, 2.05) is 6.07 Å². The summed E-state index contributed by atoms with van der Waals surface area (Å²) in [5.74, 6) is 3.89. The number of furan rings is 1. The van der Waals surface area contributed by atoms with E-state index in [9.17, 15) is 4.79 Å². The first kappa shape index (κ1) is 13.8. The summed E-state index contributed by atoms with van der Waals surface area (Å²) >= 11 is 0. The Morgan fingerprint density at radius 3 is 2.96 bits per heavy atom. The highest BCUT2D eigenvalue weighted by Gasteiger charge is 2.37. The minimum atomic E-state index is -0.165. The molecule has 7 nitrogen and oxygen atoms in total. The molecule has 2 fully saturated rings. The van der Waals surface area contributed by atoms with Crippen LogP contribution in [0.25, 0.3) is 11.0 Å².